The Balaban J connectivity index is 2.38. The van der Waals surface area contributed by atoms with Crippen LogP contribution in [0, 0.1) is 5.82 Å². The Morgan fingerprint density at radius 3 is 2.75 bits per heavy atom. The molecule has 6 heteroatoms. The minimum absolute atomic E-state index is 0.0926. The molecule has 0 amide bonds. The highest BCUT2D eigenvalue weighted by Crippen LogP contribution is 2.26. The van der Waals surface area contributed by atoms with Gasteiger partial charge in [0.05, 0.1) is 18.7 Å². The van der Waals surface area contributed by atoms with Crippen LogP contribution in [0.5, 0.6) is 6.01 Å². The van der Waals surface area contributed by atoms with E-state index in [0.717, 1.165) is 0 Å². The Bertz CT molecular complexity index is 845. The summed E-state index contributed by atoms with van der Waals surface area (Å²) in [5, 5.41) is 0.283. The van der Waals surface area contributed by atoms with E-state index < -0.39 is 11.4 Å². The minimum atomic E-state index is -0.419. The number of aromatic nitrogens is 3. The Hall–Kier alpha value is -2.76. The maximum atomic E-state index is 13.9. The number of hydrogen-bond donors (Lipinski definition) is 1. The summed E-state index contributed by atoms with van der Waals surface area (Å²) in [6.07, 6.45) is 2.89. The summed E-state index contributed by atoms with van der Waals surface area (Å²) in [7, 11) is 1.40. The van der Waals surface area contributed by atoms with Crippen molar-refractivity contribution in [1.29, 1.82) is 0 Å². The van der Waals surface area contributed by atoms with Crippen LogP contribution in [0.15, 0.2) is 41.5 Å². The van der Waals surface area contributed by atoms with Gasteiger partial charge in [0.1, 0.15) is 11.3 Å². The van der Waals surface area contributed by atoms with Gasteiger partial charge in [-0.15, -0.1) is 0 Å². The average molecular weight is 271 g/mol. The summed E-state index contributed by atoms with van der Waals surface area (Å²) in [6, 6.07) is 6.30. The maximum absolute atomic E-state index is 13.9. The Labute approximate surface area is 113 Å². The van der Waals surface area contributed by atoms with Gasteiger partial charge >= 0.3 is 0 Å². The first-order valence-electron chi connectivity index (χ1n) is 5.87. The van der Waals surface area contributed by atoms with Crippen LogP contribution < -0.4 is 10.3 Å². The normalized spacial score (nSPS) is 10.7. The van der Waals surface area contributed by atoms with E-state index in [4.69, 9.17) is 4.74 Å². The molecule has 20 heavy (non-hydrogen) atoms. The molecule has 0 aliphatic heterocycles. The number of hydrogen-bond acceptors (Lipinski definition) is 4. The van der Waals surface area contributed by atoms with Crippen molar-refractivity contribution in [1.82, 2.24) is 15.0 Å². The number of nitrogens with zero attached hydrogens (tertiary/aromatic N) is 2. The topological polar surface area (TPSA) is 67.9 Å². The molecule has 1 aromatic carbocycles. The van der Waals surface area contributed by atoms with E-state index in [1.165, 1.54) is 25.6 Å². The van der Waals surface area contributed by atoms with E-state index in [0.29, 0.717) is 16.6 Å². The van der Waals surface area contributed by atoms with Crippen LogP contribution in [0.3, 0.4) is 0 Å². The number of nitrogens with one attached hydrogen (secondary N) is 1. The fourth-order valence-electron chi connectivity index (χ4n) is 2.05. The summed E-state index contributed by atoms with van der Waals surface area (Å²) in [4.78, 5) is 22.7. The van der Waals surface area contributed by atoms with Gasteiger partial charge in [0.15, 0.2) is 0 Å². The molecule has 0 saturated carbocycles. The largest absolute Gasteiger partial charge is 0.468 e. The molecule has 0 atom stereocenters. The third-order valence-electron chi connectivity index (χ3n) is 2.95. The zero-order valence-electron chi connectivity index (χ0n) is 10.6. The first-order valence-corrected chi connectivity index (χ1v) is 5.87. The van der Waals surface area contributed by atoms with Crippen LogP contribution in [0.4, 0.5) is 4.39 Å². The number of benzene rings is 1. The summed E-state index contributed by atoms with van der Waals surface area (Å²) in [5.41, 5.74) is 0.666. The number of fused-ring (bicyclic) bond motifs is 1. The van der Waals surface area contributed by atoms with E-state index >= 15 is 0 Å². The van der Waals surface area contributed by atoms with Gasteiger partial charge in [-0.05, 0) is 6.07 Å². The van der Waals surface area contributed by atoms with Crippen LogP contribution >= 0.6 is 0 Å². The molecule has 0 bridgehead atoms. The van der Waals surface area contributed by atoms with E-state index in [-0.39, 0.29) is 11.4 Å². The van der Waals surface area contributed by atoms with E-state index in [1.807, 2.05) is 0 Å². The first-order chi connectivity index (χ1) is 9.70. The molecule has 0 unspecified atom stereocenters. The number of rotatable bonds is 2. The van der Waals surface area contributed by atoms with Crippen LogP contribution in [-0.4, -0.2) is 22.1 Å². The van der Waals surface area contributed by atoms with E-state index in [9.17, 15) is 9.18 Å². The third kappa shape index (κ3) is 1.91. The molecule has 100 valence electrons. The van der Waals surface area contributed by atoms with Gasteiger partial charge in [0, 0.05) is 17.3 Å². The third-order valence-corrected chi connectivity index (χ3v) is 2.95. The van der Waals surface area contributed by atoms with Crippen LogP contribution in [-0.2, 0) is 0 Å². The van der Waals surface area contributed by atoms with Gasteiger partial charge in [-0.2, -0.15) is 4.98 Å². The molecule has 3 rings (SSSR count). The molecule has 0 radical (unpaired) electrons. The smallest absolute Gasteiger partial charge is 0.296 e. The van der Waals surface area contributed by atoms with E-state index in [1.54, 1.807) is 18.2 Å². The first kappa shape index (κ1) is 12.3. The molecular weight excluding hydrogens is 261 g/mol. The molecular formula is C14H10FN3O2. The second kappa shape index (κ2) is 4.73. The standard InChI is InChI=1S/C14H10FN3O2/c1-20-14-17-11-7-16-6-9(12(11)13(19)18-14)8-4-2-3-5-10(8)15/h2-7H,1H3,(H,17,18,19). The van der Waals surface area contributed by atoms with Crippen molar-refractivity contribution in [2.24, 2.45) is 0 Å². The lowest BCUT2D eigenvalue weighted by atomic mass is 10.0. The second-order valence-electron chi connectivity index (χ2n) is 4.14. The fraction of sp³-hybridized carbons (Fsp3) is 0.0714. The van der Waals surface area contributed by atoms with Crippen LogP contribution in [0.1, 0.15) is 0 Å². The SMILES string of the molecule is COc1nc2cncc(-c3ccccc3F)c2c(=O)[nH]1. The predicted molar refractivity (Wildman–Crippen MR) is 72.1 cm³/mol. The molecule has 0 fully saturated rings. The lowest BCUT2D eigenvalue weighted by Crippen LogP contribution is -2.11. The minimum Gasteiger partial charge on any atom is -0.468 e. The number of aromatic amines is 1. The highest BCUT2D eigenvalue weighted by molar-refractivity contribution is 5.93. The van der Waals surface area contributed by atoms with Gasteiger partial charge < -0.3 is 4.74 Å². The fourth-order valence-corrected chi connectivity index (χ4v) is 2.05. The van der Waals surface area contributed by atoms with Crippen molar-refractivity contribution in [2.75, 3.05) is 7.11 Å². The lowest BCUT2D eigenvalue weighted by molar-refractivity contribution is 0.380. The zero-order valence-corrected chi connectivity index (χ0v) is 10.6. The summed E-state index contributed by atoms with van der Waals surface area (Å²) >= 11 is 0. The molecule has 0 aliphatic carbocycles. The second-order valence-corrected chi connectivity index (χ2v) is 4.14. The Kier molecular flexibility index (Phi) is 2.90. The highest BCUT2D eigenvalue weighted by Gasteiger charge is 2.13. The Morgan fingerprint density at radius 1 is 1.20 bits per heavy atom. The molecule has 0 saturated heterocycles. The lowest BCUT2D eigenvalue weighted by Gasteiger charge is -2.07. The van der Waals surface area contributed by atoms with Crippen molar-refractivity contribution < 1.29 is 9.13 Å². The average Bonchev–Trinajstić information content (AvgIpc) is 2.47. The number of ether oxygens (including phenoxy) is 1. The molecule has 2 heterocycles. The molecule has 5 nitrogen and oxygen atoms in total. The monoisotopic (exact) mass is 271 g/mol. The summed E-state index contributed by atoms with van der Waals surface area (Å²) in [6.45, 7) is 0. The predicted octanol–water partition coefficient (Wildman–Crippen LogP) is 2.13. The number of H-pyrrole nitrogens is 1. The van der Waals surface area contributed by atoms with Gasteiger partial charge in [-0.1, -0.05) is 18.2 Å². The number of methoxy groups -OCH3 is 1. The Morgan fingerprint density at radius 2 is 2.00 bits per heavy atom. The molecule has 0 aliphatic rings. The molecule has 3 aromatic rings. The van der Waals surface area contributed by atoms with Crippen LogP contribution in [0.2, 0.25) is 0 Å². The van der Waals surface area contributed by atoms with Gasteiger partial charge in [-0.3, -0.25) is 14.8 Å². The number of halogens is 1. The zero-order chi connectivity index (χ0) is 14.1. The molecule has 1 N–H and O–H groups in total. The van der Waals surface area contributed by atoms with E-state index in [2.05, 4.69) is 15.0 Å². The van der Waals surface area contributed by atoms with Crippen molar-refractivity contribution in [3.05, 3.63) is 52.8 Å². The summed E-state index contributed by atoms with van der Waals surface area (Å²) in [5.74, 6) is -0.419. The maximum Gasteiger partial charge on any atom is 0.296 e. The van der Waals surface area contributed by atoms with Gasteiger partial charge in [-0.25, -0.2) is 4.39 Å². The molecule has 0 spiro atoms. The quantitative estimate of drug-likeness (QED) is 0.775. The van der Waals surface area contributed by atoms with Gasteiger partial charge in [0.2, 0.25) is 0 Å². The van der Waals surface area contributed by atoms with Gasteiger partial charge in [0.25, 0.3) is 11.6 Å². The highest BCUT2D eigenvalue weighted by atomic mass is 19.1. The van der Waals surface area contributed by atoms with Crippen molar-refractivity contribution in [3.63, 3.8) is 0 Å². The van der Waals surface area contributed by atoms with Crippen molar-refractivity contribution >= 4 is 10.9 Å². The van der Waals surface area contributed by atoms with Crippen molar-refractivity contribution in [3.8, 4) is 17.1 Å². The van der Waals surface area contributed by atoms with Crippen molar-refractivity contribution in [2.45, 2.75) is 0 Å². The van der Waals surface area contributed by atoms with Crippen LogP contribution in [0.25, 0.3) is 22.0 Å². The summed E-state index contributed by atoms with van der Waals surface area (Å²) < 4.78 is 18.8. The number of pyridine rings is 1. The molecule has 2 aromatic heterocycles.